The minimum Gasteiger partial charge on any atom is -0.379 e. The Bertz CT molecular complexity index is 541. The van der Waals surface area contributed by atoms with Crippen molar-refractivity contribution in [1.82, 2.24) is 4.98 Å². The summed E-state index contributed by atoms with van der Waals surface area (Å²) in [6, 6.07) is 3.47. The number of benzene rings is 1. The Morgan fingerprint density at radius 3 is 2.53 bits per heavy atom. The molecule has 0 aliphatic heterocycles. The fraction of sp³-hybridized carbons (Fsp3) is 0.100. The van der Waals surface area contributed by atoms with Gasteiger partial charge < -0.3 is 5.32 Å². The van der Waals surface area contributed by atoms with Crippen molar-refractivity contribution in [3.63, 3.8) is 0 Å². The van der Waals surface area contributed by atoms with Crippen LogP contribution in [-0.4, -0.2) is 4.98 Å². The third-order valence-corrected chi connectivity index (χ3v) is 4.42. The number of aromatic nitrogens is 1. The quantitative estimate of drug-likeness (QED) is 0.766. The van der Waals surface area contributed by atoms with E-state index < -0.39 is 0 Å². The minimum atomic E-state index is 0.348. The number of hydrogen-bond acceptors (Lipinski definition) is 3. The van der Waals surface area contributed by atoms with E-state index >= 15 is 0 Å². The summed E-state index contributed by atoms with van der Waals surface area (Å²) in [5.74, 6) is 0. The molecule has 0 bridgehead atoms. The van der Waals surface area contributed by atoms with Gasteiger partial charge in [0, 0.05) is 11.1 Å². The van der Waals surface area contributed by atoms with Crippen molar-refractivity contribution < 1.29 is 0 Å². The summed E-state index contributed by atoms with van der Waals surface area (Å²) in [4.78, 5) is 4.96. The Labute approximate surface area is 122 Å². The maximum absolute atomic E-state index is 6.05. The van der Waals surface area contributed by atoms with E-state index in [-0.39, 0.29) is 0 Å². The van der Waals surface area contributed by atoms with Gasteiger partial charge in [0.15, 0.2) is 4.47 Å². The molecule has 0 unspecified atom stereocenters. The molecule has 90 valence electrons. The molecular formula is C10H6Cl4N2S. The van der Waals surface area contributed by atoms with Gasteiger partial charge in [0.1, 0.15) is 0 Å². The summed E-state index contributed by atoms with van der Waals surface area (Å²) in [7, 11) is 0. The molecule has 0 fully saturated rings. The zero-order valence-electron chi connectivity index (χ0n) is 8.31. The molecule has 0 spiro atoms. The molecule has 2 rings (SSSR count). The first-order valence-corrected chi connectivity index (χ1v) is 6.88. The van der Waals surface area contributed by atoms with Gasteiger partial charge in [0.05, 0.1) is 27.3 Å². The molecule has 0 amide bonds. The smallest absolute Gasteiger partial charge is 0.183 e. The number of rotatable bonds is 3. The second kappa shape index (κ2) is 5.63. The van der Waals surface area contributed by atoms with Crippen LogP contribution < -0.4 is 5.32 Å². The number of hydrogen-bond donors (Lipinski definition) is 1. The molecule has 1 N–H and O–H groups in total. The summed E-state index contributed by atoms with van der Waals surface area (Å²) in [5, 5.41) is 4.34. The van der Waals surface area contributed by atoms with Crippen LogP contribution in [0.1, 0.15) is 4.88 Å². The molecule has 0 radical (unpaired) electrons. The lowest BCUT2D eigenvalue weighted by Crippen LogP contribution is -1.98. The standard InChI is InChI=1S/C10H6Cl4N2S/c11-6-1-2-7(9(13)8(6)12)15-3-5-4-16-10(14)17-5/h1-2,4,15H,3H2. The van der Waals surface area contributed by atoms with Gasteiger partial charge in [-0.25, -0.2) is 4.98 Å². The Morgan fingerprint density at radius 1 is 1.12 bits per heavy atom. The van der Waals surface area contributed by atoms with E-state index in [1.165, 1.54) is 11.3 Å². The predicted molar refractivity (Wildman–Crippen MR) is 75.9 cm³/mol. The van der Waals surface area contributed by atoms with Gasteiger partial charge in [-0.3, -0.25) is 0 Å². The molecule has 2 nitrogen and oxygen atoms in total. The van der Waals surface area contributed by atoms with Gasteiger partial charge >= 0.3 is 0 Å². The largest absolute Gasteiger partial charge is 0.379 e. The highest BCUT2D eigenvalue weighted by Crippen LogP contribution is 2.35. The van der Waals surface area contributed by atoms with E-state index in [1.54, 1.807) is 18.3 Å². The van der Waals surface area contributed by atoms with Crippen LogP contribution in [0.5, 0.6) is 0 Å². The molecule has 0 aliphatic rings. The second-order valence-electron chi connectivity index (χ2n) is 3.16. The molecule has 7 heteroatoms. The number of anilines is 1. The second-order valence-corrected chi connectivity index (χ2v) is 6.02. The van der Waals surface area contributed by atoms with E-state index in [1.807, 2.05) is 0 Å². The molecule has 0 atom stereocenters. The van der Waals surface area contributed by atoms with Crippen molar-refractivity contribution in [2.75, 3.05) is 5.32 Å². The van der Waals surface area contributed by atoms with Crippen molar-refractivity contribution in [3.05, 3.63) is 42.7 Å². The molecule has 1 aromatic heterocycles. The zero-order valence-corrected chi connectivity index (χ0v) is 12.1. The highest BCUT2D eigenvalue weighted by Gasteiger charge is 2.08. The fourth-order valence-electron chi connectivity index (χ4n) is 1.21. The van der Waals surface area contributed by atoms with E-state index in [0.717, 1.165) is 10.6 Å². The molecule has 0 saturated carbocycles. The number of halogens is 4. The maximum atomic E-state index is 6.05. The summed E-state index contributed by atoms with van der Waals surface area (Å²) < 4.78 is 0.516. The van der Waals surface area contributed by atoms with Crippen LogP contribution in [-0.2, 0) is 6.54 Å². The van der Waals surface area contributed by atoms with Crippen LogP contribution in [0.25, 0.3) is 0 Å². The van der Waals surface area contributed by atoms with Gasteiger partial charge in [0.2, 0.25) is 0 Å². The molecule has 0 aliphatic carbocycles. The SMILES string of the molecule is Clc1ncc(CNc2ccc(Cl)c(Cl)c2Cl)s1. The number of nitrogens with zero attached hydrogens (tertiary/aromatic N) is 1. The molecule has 0 saturated heterocycles. The van der Waals surface area contributed by atoms with E-state index in [9.17, 15) is 0 Å². The Hall–Kier alpha value is -0.190. The van der Waals surface area contributed by atoms with Gasteiger partial charge in [0.25, 0.3) is 0 Å². The van der Waals surface area contributed by atoms with Crippen molar-refractivity contribution >= 4 is 63.4 Å². The number of thiazole rings is 1. The van der Waals surface area contributed by atoms with Crippen molar-refractivity contribution in [2.24, 2.45) is 0 Å². The average Bonchev–Trinajstić information content (AvgIpc) is 2.71. The van der Waals surface area contributed by atoms with E-state index in [4.69, 9.17) is 46.4 Å². The first kappa shape index (κ1) is 13.2. The Morgan fingerprint density at radius 2 is 1.88 bits per heavy atom. The van der Waals surface area contributed by atoms with E-state index in [2.05, 4.69) is 10.3 Å². The predicted octanol–water partition coefficient (Wildman–Crippen LogP) is 5.37. The molecule has 1 heterocycles. The lowest BCUT2D eigenvalue weighted by atomic mass is 10.3. The van der Waals surface area contributed by atoms with Gasteiger partial charge in [-0.2, -0.15) is 0 Å². The fourth-order valence-corrected chi connectivity index (χ4v) is 2.73. The van der Waals surface area contributed by atoms with Crippen LogP contribution in [0.2, 0.25) is 19.5 Å². The zero-order chi connectivity index (χ0) is 12.4. The normalized spacial score (nSPS) is 10.6. The first-order chi connectivity index (χ1) is 8.08. The third kappa shape index (κ3) is 3.18. The highest BCUT2D eigenvalue weighted by atomic mass is 35.5. The molecule has 2 aromatic rings. The topological polar surface area (TPSA) is 24.9 Å². The summed E-state index contributed by atoms with van der Waals surface area (Å²) in [6.07, 6.45) is 1.71. The minimum absolute atomic E-state index is 0.348. The lowest BCUT2D eigenvalue weighted by molar-refractivity contribution is 1.17. The first-order valence-electron chi connectivity index (χ1n) is 4.55. The highest BCUT2D eigenvalue weighted by molar-refractivity contribution is 7.15. The van der Waals surface area contributed by atoms with Gasteiger partial charge in [-0.05, 0) is 12.1 Å². The van der Waals surface area contributed by atoms with Crippen LogP contribution in [0.15, 0.2) is 18.3 Å². The lowest BCUT2D eigenvalue weighted by Gasteiger charge is -2.08. The van der Waals surface area contributed by atoms with Gasteiger partial charge in [-0.1, -0.05) is 46.4 Å². The van der Waals surface area contributed by atoms with Crippen LogP contribution >= 0.6 is 57.7 Å². The summed E-state index contributed by atoms with van der Waals surface area (Å²) in [6.45, 7) is 0.585. The molecule has 17 heavy (non-hydrogen) atoms. The molecule has 1 aromatic carbocycles. The summed E-state index contributed by atoms with van der Waals surface area (Å²) in [5.41, 5.74) is 0.727. The Kier molecular flexibility index (Phi) is 4.39. The molecular weight excluding hydrogens is 322 g/mol. The van der Waals surface area contributed by atoms with Crippen LogP contribution in [0, 0.1) is 0 Å². The third-order valence-electron chi connectivity index (χ3n) is 2.01. The number of nitrogens with one attached hydrogen (secondary N) is 1. The monoisotopic (exact) mass is 326 g/mol. The average molecular weight is 328 g/mol. The van der Waals surface area contributed by atoms with Gasteiger partial charge in [-0.15, -0.1) is 11.3 Å². The van der Waals surface area contributed by atoms with Crippen molar-refractivity contribution in [3.8, 4) is 0 Å². The van der Waals surface area contributed by atoms with Crippen molar-refractivity contribution in [2.45, 2.75) is 6.54 Å². The summed E-state index contributed by atoms with van der Waals surface area (Å²) >= 11 is 25.0. The van der Waals surface area contributed by atoms with Crippen molar-refractivity contribution in [1.29, 1.82) is 0 Å². The van der Waals surface area contributed by atoms with Crippen LogP contribution in [0.3, 0.4) is 0 Å². The maximum Gasteiger partial charge on any atom is 0.183 e. The van der Waals surface area contributed by atoms with Crippen LogP contribution in [0.4, 0.5) is 5.69 Å². The van der Waals surface area contributed by atoms with E-state index in [0.29, 0.717) is 26.1 Å². The Balaban J connectivity index is 2.12.